The summed E-state index contributed by atoms with van der Waals surface area (Å²) in [5, 5.41) is 19.1. The number of phenolic OH excluding ortho intramolecular Hbond substituents is 1. The zero-order valence-electron chi connectivity index (χ0n) is 7.71. The minimum atomic E-state index is -0.777. The highest BCUT2D eigenvalue weighted by Gasteiger charge is 2.15. The van der Waals surface area contributed by atoms with E-state index in [1.54, 1.807) is 26.0 Å². The Balaban J connectivity index is 2.90. The Hall–Kier alpha value is -0.730. The highest BCUT2D eigenvalue weighted by atomic mass is 35.5. The maximum atomic E-state index is 9.54. The van der Waals surface area contributed by atoms with Gasteiger partial charge >= 0.3 is 0 Å². The van der Waals surface area contributed by atoms with E-state index in [1.807, 2.05) is 0 Å². The number of aromatic hydroxyl groups is 1. The zero-order valence-corrected chi connectivity index (χ0v) is 8.47. The Kier molecular flexibility index (Phi) is 2.84. The van der Waals surface area contributed by atoms with Crippen molar-refractivity contribution < 1.29 is 10.2 Å². The Labute approximate surface area is 82.8 Å². The van der Waals surface area contributed by atoms with Gasteiger partial charge in [0.2, 0.25) is 0 Å². The van der Waals surface area contributed by atoms with E-state index in [9.17, 15) is 5.11 Å². The molecule has 2 nitrogen and oxygen atoms in total. The molecule has 0 spiro atoms. The lowest BCUT2D eigenvalue weighted by atomic mass is 9.99. The van der Waals surface area contributed by atoms with Gasteiger partial charge in [-0.3, -0.25) is 0 Å². The summed E-state index contributed by atoms with van der Waals surface area (Å²) in [4.78, 5) is 0. The molecule has 0 aromatic heterocycles. The molecule has 0 fully saturated rings. The van der Waals surface area contributed by atoms with Crippen molar-refractivity contribution in [2.45, 2.75) is 25.9 Å². The molecule has 0 amide bonds. The van der Waals surface area contributed by atoms with Crippen molar-refractivity contribution in [2.24, 2.45) is 0 Å². The summed E-state index contributed by atoms with van der Waals surface area (Å²) in [6.07, 6.45) is 0.478. The molecule has 0 saturated carbocycles. The molecule has 0 saturated heterocycles. The van der Waals surface area contributed by atoms with E-state index in [0.717, 1.165) is 5.56 Å². The van der Waals surface area contributed by atoms with Crippen LogP contribution >= 0.6 is 11.6 Å². The SMILES string of the molecule is CC(C)(O)Cc1ccc(O)cc1Cl. The molecule has 3 heteroatoms. The van der Waals surface area contributed by atoms with Gasteiger partial charge in [0.25, 0.3) is 0 Å². The van der Waals surface area contributed by atoms with Crippen molar-refractivity contribution >= 4 is 11.6 Å². The number of benzene rings is 1. The van der Waals surface area contributed by atoms with Gasteiger partial charge in [-0.15, -0.1) is 0 Å². The van der Waals surface area contributed by atoms with Crippen LogP contribution in [0.1, 0.15) is 19.4 Å². The van der Waals surface area contributed by atoms with Crippen molar-refractivity contribution in [3.05, 3.63) is 28.8 Å². The molecule has 0 aliphatic carbocycles. The van der Waals surface area contributed by atoms with E-state index < -0.39 is 5.60 Å². The average molecular weight is 201 g/mol. The molecule has 1 aromatic carbocycles. The molecular weight excluding hydrogens is 188 g/mol. The number of rotatable bonds is 2. The van der Waals surface area contributed by atoms with Crippen molar-refractivity contribution in [2.75, 3.05) is 0 Å². The summed E-state index contributed by atoms with van der Waals surface area (Å²) in [6, 6.07) is 4.76. The van der Waals surface area contributed by atoms with Gasteiger partial charge in [-0.1, -0.05) is 17.7 Å². The van der Waals surface area contributed by atoms with Crippen LogP contribution in [0.5, 0.6) is 5.75 Å². The normalized spacial score (nSPS) is 11.7. The zero-order chi connectivity index (χ0) is 10.1. The maximum Gasteiger partial charge on any atom is 0.117 e. The van der Waals surface area contributed by atoms with Crippen molar-refractivity contribution in [3.63, 3.8) is 0 Å². The second-order valence-corrected chi connectivity index (χ2v) is 4.17. The third kappa shape index (κ3) is 3.25. The highest BCUT2D eigenvalue weighted by molar-refractivity contribution is 6.31. The molecule has 0 heterocycles. The Morgan fingerprint density at radius 1 is 1.38 bits per heavy atom. The van der Waals surface area contributed by atoms with E-state index in [0.29, 0.717) is 11.4 Å². The molecule has 0 radical (unpaired) electrons. The van der Waals surface area contributed by atoms with Gasteiger partial charge in [0.05, 0.1) is 5.60 Å². The fourth-order valence-electron chi connectivity index (χ4n) is 1.15. The molecule has 13 heavy (non-hydrogen) atoms. The second-order valence-electron chi connectivity index (χ2n) is 3.76. The number of phenols is 1. The lowest BCUT2D eigenvalue weighted by Gasteiger charge is -2.17. The van der Waals surface area contributed by atoms with E-state index in [2.05, 4.69) is 0 Å². The van der Waals surface area contributed by atoms with Crippen LogP contribution in [0.4, 0.5) is 0 Å². The highest BCUT2D eigenvalue weighted by Crippen LogP contribution is 2.24. The predicted octanol–water partition coefficient (Wildman–Crippen LogP) is 2.36. The molecule has 72 valence electrons. The minimum absolute atomic E-state index is 0.143. The van der Waals surface area contributed by atoms with Crippen molar-refractivity contribution in [1.82, 2.24) is 0 Å². The van der Waals surface area contributed by atoms with Crippen molar-refractivity contribution in [1.29, 1.82) is 0 Å². The molecule has 0 aliphatic rings. The van der Waals surface area contributed by atoms with E-state index >= 15 is 0 Å². The topological polar surface area (TPSA) is 40.5 Å². The summed E-state index contributed by atoms with van der Waals surface area (Å²) >= 11 is 5.86. The summed E-state index contributed by atoms with van der Waals surface area (Å²) < 4.78 is 0. The monoisotopic (exact) mass is 200 g/mol. The van der Waals surface area contributed by atoms with Gasteiger partial charge < -0.3 is 10.2 Å². The fraction of sp³-hybridized carbons (Fsp3) is 0.400. The molecule has 0 atom stereocenters. The lowest BCUT2D eigenvalue weighted by molar-refractivity contribution is 0.0810. The Morgan fingerprint density at radius 3 is 2.46 bits per heavy atom. The molecule has 2 N–H and O–H groups in total. The average Bonchev–Trinajstić information content (AvgIpc) is 1.93. The largest absolute Gasteiger partial charge is 0.508 e. The number of hydrogen-bond donors (Lipinski definition) is 2. The van der Waals surface area contributed by atoms with Gasteiger partial charge in [0, 0.05) is 11.4 Å². The maximum absolute atomic E-state index is 9.54. The summed E-state index contributed by atoms with van der Waals surface area (Å²) in [5.74, 6) is 0.143. The molecule has 1 aromatic rings. The van der Waals surface area contributed by atoms with Gasteiger partial charge in [0.1, 0.15) is 5.75 Å². The quantitative estimate of drug-likeness (QED) is 0.770. The van der Waals surface area contributed by atoms with Crippen LogP contribution in [0.15, 0.2) is 18.2 Å². The first-order valence-electron chi connectivity index (χ1n) is 4.08. The first-order chi connectivity index (χ1) is 5.88. The standard InChI is InChI=1S/C10H13ClO2/c1-10(2,13)6-7-3-4-8(12)5-9(7)11/h3-5,12-13H,6H2,1-2H3. The van der Waals surface area contributed by atoms with Crippen LogP contribution in [-0.4, -0.2) is 15.8 Å². The van der Waals surface area contributed by atoms with Gasteiger partial charge in [-0.2, -0.15) is 0 Å². The van der Waals surface area contributed by atoms with Gasteiger partial charge in [0.15, 0.2) is 0 Å². The summed E-state index contributed by atoms with van der Waals surface area (Å²) in [7, 11) is 0. The predicted molar refractivity (Wildman–Crippen MR) is 53.1 cm³/mol. The van der Waals surface area contributed by atoms with Crippen LogP contribution in [0, 0.1) is 0 Å². The van der Waals surface area contributed by atoms with Crippen LogP contribution in [0.3, 0.4) is 0 Å². The number of aliphatic hydroxyl groups is 1. The fourth-order valence-corrected chi connectivity index (χ4v) is 1.39. The molecule has 0 bridgehead atoms. The Bertz CT molecular complexity index is 302. The third-order valence-electron chi connectivity index (χ3n) is 1.66. The van der Waals surface area contributed by atoms with Gasteiger partial charge in [-0.05, 0) is 31.5 Å². The van der Waals surface area contributed by atoms with E-state index in [-0.39, 0.29) is 5.75 Å². The van der Waals surface area contributed by atoms with Crippen LogP contribution in [-0.2, 0) is 6.42 Å². The lowest BCUT2D eigenvalue weighted by Crippen LogP contribution is -2.21. The minimum Gasteiger partial charge on any atom is -0.508 e. The first-order valence-corrected chi connectivity index (χ1v) is 4.46. The molecule has 1 rings (SSSR count). The number of halogens is 1. The van der Waals surface area contributed by atoms with Gasteiger partial charge in [-0.25, -0.2) is 0 Å². The van der Waals surface area contributed by atoms with Crippen LogP contribution < -0.4 is 0 Å². The molecule has 0 aliphatic heterocycles. The summed E-state index contributed by atoms with van der Waals surface area (Å²) in [6.45, 7) is 3.44. The molecule has 0 unspecified atom stereocenters. The van der Waals surface area contributed by atoms with E-state index in [1.165, 1.54) is 6.07 Å². The molecular formula is C10H13ClO2. The number of hydrogen-bond acceptors (Lipinski definition) is 2. The van der Waals surface area contributed by atoms with E-state index in [4.69, 9.17) is 16.7 Å². The van der Waals surface area contributed by atoms with Crippen molar-refractivity contribution in [3.8, 4) is 5.75 Å². The first kappa shape index (κ1) is 10.4. The van der Waals surface area contributed by atoms with Crippen LogP contribution in [0.25, 0.3) is 0 Å². The second kappa shape index (κ2) is 3.56. The third-order valence-corrected chi connectivity index (χ3v) is 2.01. The Morgan fingerprint density at radius 2 is 2.00 bits per heavy atom. The van der Waals surface area contributed by atoms with Crippen LogP contribution in [0.2, 0.25) is 5.02 Å². The smallest absolute Gasteiger partial charge is 0.117 e. The summed E-state index contributed by atoms with van der Waals surface area (Å²) in [5.41, 5.74) is 0.0626.